The van der Waals surface area contributed by atoms with Gasteiger partial charge in [0.1, 0.15) is 0 Å². The molecular weight excluding hydrogens is 1570 g/mol. The monoisotopic (exact) mass is 1660 g/mol. The molecule has 0 bridgehead atoms. The topological polar surface area (TPSA) is 381 Å². The Morgan fingerprint density at radius 3 is 0.862 bits per heavy atom. The number of benzene rings is 7. The lowest BCUT2D eigenvalue weighted by Gasteiger charge is -2.22. The molecule has 0 aliphatic carbocycles. The quantitative estimate of drug-likeness (QED) is 0.0284. The number of nitrogens with one attached hydrogen (secondary N) is 5. The third kappa shape index (κ3) is 20.8. The van der Waals surface area contributed by atoms with Crippen molar-refractivity contribution in [2.45, 2.75) is 71.9 Å². The first-order valence-electron chi connectivity index (χ1n) is 39.7. The van der Waals surface area contributed by atoms with Gasteiger partial charge in [0.05, 0.1) is 19.6 Å². The maximum absolute atomic E-state index is 14.2. The van der Waals surface area contributed by atoms with E-state index >= 15 is 0 Å². The Balaban J connectivity index is 0.000000152. The second kappa shape index (κ2) is 40.3. The first kappa shape index (κ1) is 83.9. The highest BCUT2D eigenvalue weighted by Gasteiger charge is 2.54. The van der Waals surface area contributed by atoms with Crippen molar-refractivity contribution in [2.75, 3.05) is 105 Å². The largest absolute Gasteiger partial charge is 0.357 e. The van der Waals surface area contributed by atoms with Gasteiger partial charge in [0.25, 0.3) is 17.7 Å². The Kier molecular flexibility index (Phi) is 27.5. The number of hydrogen-bond acceptors (Lipinski definition) is 28. The van der Waals surface area contributed by atoms with E-state index in [1.165, 1.54) is 27.5 Å². The normalized spacial score (nSPS) is 15.5. The van der Waals surface area contributed by atoms with Crippen LogP contribution in [0.25, 0.3) is 11.9 Å². The van der Waals surface area contributed by atoms with Crippen molar-refractivity contribution in [1.29, 1.82) is 0 Å². The smallest absolute Gasteiger partial charge is 0.336 e. The van der Waals surface area contributed by atoms with Gasteiger partial charge in [0.2, 0.25) is 90.1 Å². The molecule has 4 fully saturated rings. The fourth-order valence-electron chi connectivity index (χ4n) is 13.1. The molecule has 5 N–H and O–H groups in total. The van der Waals surface area contributed by atoms with Gasteiger partial charge < -0.3 is 50.6 Å². The number of urea groups is 3. The average Bonchev–Trinajstić information content (AvgIpc) is 1.59. The van der Waals surface area contributed by atoms with Crippen LogP contribution in [0.1, 0.15) is 50.3 Å². The molecule has 36 heteroatoms. The van der Waals surface area contributed by atoms with Crippen LogP contribution in [0.2, 0.25) is 0 Å². The van der Waals surface area contributed by atoms with Gasteiger partial charge in [-0.1, -0.05) is 164 Å². The number of carbonyl (C=O) groups excluding carboxylic acids is 6. The number of aromatic nitrogens is 14. The number of imide groups is 3. The molecule has 4 saturated heterocycles. The Bertz CT molecular complexity index is 5260. The van der Waals surface area contributed by atoms with Crippen LogP contribution in [0, 0.1) is 0 Å². The molecule has 626 valence electrons. The van der Waals surface area contributed by atoms with E-state index < -0.39 is 72.3 Å². The van der Waals surface area contributed by atoms with E-state index in [2.05, 4.69) is 91.3 Å². The van der Waals surface area contributed by atoms with Crippen LogP contribution in [0.5, 0.6) is 0 Å². The van der Waals surface area contributed by atoms with E-state index in [0.29, 0.717) is 79.0 Å². The molecule has 4 aliphatic rings. The van der Waals surface area contributed by atoms with Crippen molar-refractivity contribution in [1.82, 2.24) is 83.6 Å². The van der Waals surface area contributed by atoms with Crippen molar-refractivity contribution >= 4 is 118 Å². The summed E-state index contributed by atoms with van der Waals surface area (Å²) in [6.07, 6.45) is 5.94. The Morgan fingerprint density at radius 1 is 0.325 bits per heavy atom. The molecule has 0 radical (unpaired) electrons. The van der Waals surface area contributed by atoms with Gasteiger partial charge in [0.15, 0.2) is 0 Å². The predicted molar refractivity (Wildman–Crippen MR) is 463 cm³/mol. The minimum absolute atomic E-state index is 0.0431. The van der Waals surface area contributed by atoms with Crippen molar-refractivity contribution in [3.05, 3.63) is 278 Å². The third-order valence-electron chi connectivity index (χ3n) is 18.9. The number of amides is 9. The zero-order valence-electron chi connectivity index (χ0n) is 68.1. The maximum Gasteiger partial charge on any atom is 0.336 e. The van der Waals surface area contributed by atoms with Gasteiger partial charge in [-0.15, -0.1) is 0 Å². The van der Waals surface area contributed by atoms with Crippen molar-refractivity contribution in [2.24, 2.45) is 0 Å². The molecule has 7 aromatic carbocycles. The van der Waals surface area contributed by atoms with E-state index in [0.717, 1.165) is 41.8 Å². The first-order chi connectivity index (χ1) is 60.1. The third-order valence-corrected chi connectivity index (χ3v) is 18.9. The second-order valence-corrected chi connectivity index (χ2v) is 27.7. The van der Waals surface area contributed by atoms with Gasteiger partial charge in [-0.2, -0.15) is 74.5 Å². The number of anilines is 14. The number of hydrogen-bond donors (Lipinski definition) is 5. The van der Waals surface area contributed by atoms with Gasteiger partial charge in [0, 0.05) is 102 Å². The van der Waals surface area contributed by atoms with Crippen molar-refractivity contribution in [3.63, 3.8) is 0 Å². The molecule has 0 saturated carbocycles. The average molecular weight is 1660 g/mol. The van der Waals surface area contributed by atoms with E-state index in [4.69, 9.17) is 14.2 Å². The van der Waals surface area contributed by atoms with Crippen molar-refractivity contribution in [3.8, 4) is 11.9 Å². The Morgan fingerprint density at radius 2 is 0.585 bits per heavy atom. The van der Waals surface area contributed by atoms with Gasteiger partial charge in [-0.3, -0.25) is 38.2 Å². The fraction of sp³-hybridized carbons (Fsp3) is 0.218. The zero-order valence-corrected chi connectivity index (χ0v) is 68.1. The highest BCUT2D eigenvalue weighted by atomic mass is 16.5. The van der Waals surface area contributed by atoms with Crippen LogP contribution >= 0.6 is 0 Å². The molecule has 4 aliphatic heterocycles. The molecule has 10 heterocycles. The lowest BCUT2D eigenvalue weighted by molar-refractivity contribution is -0.134. The standard InChI is InChI=1S/C39H39N9O9.C17H18N6.C16H16N6.C15H16N6/c1-4-55-31-28(49)46(37(52)43(31)22-25-16-10-7-11-17-25)34-40-35(47-29(50)32(56-5-2)44(38(47)53)23-26-18-12-8-13-19-26)42-36(41-34)48-30(51)33(57-6-3)45(39(48)54)24-27-20-14-9-15-21-27;1-23(2)17-21-15(18-13-9-5-3-6-10-13)20-16(22-17)19-14-11-7-4-8-12-14;1-17-14-20-15(18-12-8-4-2-5-9-12)22-16(21-14)19-13-10-6-3-7-11-13;1-2-8-19(7-1)13-16-14(20-9-3-4-10-20)18-15(17-13)21-11-5-6-12-21/h7-21,31-33H,4-6,22-24H2,1-3H3;3-12H,1-2H3,(H2,18,19,20,21,22);2-11H,1H3,(H3,17,18,19,20,21,22);1-4,7-10H,5-6,11-12H2. The molecule has 123 heavy (non-hydrogen) atoms. The summed E-state index contributed by atoms with van der Waals surface area (Å²) in [5, 5.41) is 15.7. The summed E-state index contributed by atoms with van der Waals surface area (Å²) in [7, 11) is 5.57. The minimum atomic E-state index is -1.41. The van der Waals surface area contributed by atoms with Crippen LogP contribution in [-0.2, 0) is 48.2 Å². The molecule has 9 amide bonds. The predicted octanol–water partition coefficient (Wildman–Crippen LogP) is 12.7. The number of nitrogens with zero attached hydrogens (tertiary/aromatic N) is 22. The van der Waals surface area contributed by atoms with E-state index in [9.17, 15) is 28.8 Å². The minimum Gasteiger partial charge on any atom is -0.357 e. The van der Waals surface area contributed by atoms with Crippen molar-refractivity contribution < 1.29 is 43.0 Å². The van der Waals surface area contributed by atoms with E-state index in [1.807, 2.05) is 199 Å². The summed E-state index contributed by atoms with van der Waals surface area (Å²) in [6, 6.07) is 70.9. The van der Waals surface area contributed by atoms with Gasteiger partial charge in [-0.25, -0.2) is 14.4 Å². The molecule has 6 aromatic heterocycles. The highest BCUT2D eigenvalue weighted by Crippen LogP contribution is 2.35. The summed E-state index contributed by atoms with van der Waals surface area (Å²) in [5.41, 5.74) is 5.74. The van der Waals surface area contributed by atoms with E-state index in [1.54, 1.807) is 119 Å². The maximum atomic E-state index is 14.2. The van der Waals surface area contributed by atoms with Crippen LogP contribution in [0.4, 0.5) is 96.6 Å². The summed E-state index contributed by atoms with van der Waals surface area (Å²) < 4.78 is 21.0. The van der Waals surface area contributed by atoms with E-state index in [-0.39, 0.29) is 39.5 Å². The SMILES string of the molecule is CCOC1C(=O)N(c2nc(N3C(=O)C(OCC)N(Cc4ccccc4)C3=O)nc(N3C(=O)C(OCC)N(Cc4ccccc4)C3=O)n2)C(=O)N1Cc1ccccc1.CN(C)c1nc(Nc2ccccc2)nc(Nc2ccccc2)n1.CNc1nc(Nc2ccccc2)nc(Nc2ccccc2)n1.c1ccn(-c2nc(N3CCCC3)nc(-n3cccc3)n2)c1. The molecule has 17 rings (SSSR count). The number of rotatable bonds is 28. The molecule has 36 nitrogen and oxygen atoms in total. The van der Waals surface area contributed by atoms with Crippen LogP contribution in [0.15, 0.2) is 261 Å². The molecule has 3 atom stereocenters. The number of carbonyl (C=O) groups is 6. The Hall–Kier alpha value is -15.6. The second-order valence-electron chi connectivity index (χ2n) is 27.7. The van der Waals surface area contributed by atoms with Gasteiger partial charge in [-0.05, 0) is 123 Å². The highest BCUT2D eigenvalue weighted by molar-refractivity contribution is 6.23. The van der Waals surface area contributed by atoms with Gasteiger partial charge >= 0.3 is 18.1 Å². The number of ether oxygens (including phenoxy) is 3. The van der Waals surface area contributed by atoms with Crippen LogP contribution in [0.3, 0.4) is 0 Å². The van der Waals surface area contributed by atoms with Crippen LogP contribution in [-0.4, -0.2) is 192 Å². The lowest BCUT2D eigenvalue weighted by atomic mass is 10.2. The molecule has 3 unspecified atom stereocenters. The number of para-hydroxylation sites is 4. The lowest BCUT2D eigenvalue weighted by Crippen LogP contribution is -2.39. The van der Waals surface area contributed by atoms with Crippen LogP contribution < -0.4 is 51.1 Å². The molecule has 0 spiro atoms. The fourth-order valence-corrected chi connectivity index (χ4v) is 13.1. The molecular formula is C87H89N27O9. The summed E-state index contributed by atoms with van der Waals surface area (Å²) in [4.78, 5) is 147. The Labute approximate surface area is 708 Å². The summed E-state index contributed by atoms with van der Waals surface area (Å²) in [5.74, 6) is 0.384. The first-order valence-corrected chi connectivity index (χ1v) is 39.7. The molecule has 13 aromatic rings. The summed E-state index contributed by atoms with van der Waals surface area (Å²) >= 11 is 0. The summed E-state index contributed by atoms with van der Waals surface area (Å²) in [6.45, 7) is 7.02. The zero-order chi connectivity index (χ0) is 85.6.